The molecular weight excluding hydrogens is 606 g/mol. The zero-order chi connectivity index (χ0) is 31.8. The number of ether oxygens (including phenoxy) is 1. The molecule has 46 heavy (non-hydrogen) atoms. The van der Waals surface area contributed by atoms with E-state index in [0.29, 0.717) is 24.4 Å². The van der Waals surface area contributed by atoms with Gasteiger partial charge in [-0.15, -0.1) is 0 Å². The van der Waals surface area contributed by atoms with Gasteiger partial charge in [0.1, 0.15) is 17.3 Å². The number of sulfonamides is 1. The number of anilines is 2. The molecule has 2 saturated heterocycles. The fourth-order valence-corrected chi connectivity index (χ4v) is 6.77. The number of aromatic nitrogens is 5. The van der Waals surface area contributed by atoms with Crippen molar-refractivity contribution in [3.8, 4) is 22.9 Å². The van der Waals surface area contributed by atoms with Crippen molar-refractivity contribution in [1.29, 1.82) is 5.26 Å². The van der Waals surface area contributed by atoms with E-state index in [0.717, 1.165) is 98.5 Å². The third kappa shape index (κ3) is 6.00. The number of hydrogen-bond acceptors (Lipinski definition) is 11. The summed E-state index contributed by atoms with van der Waals surface area (Å²) in [5.41, 5.74) is 3.52. The molecule has 14 heteroatoms. The fraction of sp³-hybridized carbons (Fsp3) is 0.438. The van der Waals surface area contributed by atoms with Gasteiger partial charge in [0.25, 0.3) is 5.91 Å². The second kappa shape index (κ2) is 12.3. The number of rotatable bonds is 7. The Labute approximate surface area is 267 Å². The Kier molecular flexibility index (Phi) is 8.04. The third-order valence-electron chi connectivity index (χ3n) is 9.04. The number of hydrogen-bond donors (Lipinski definition) is 1. The van der Waals surface area contributed by atoms with E-state index in [1.54, 1.807) is 23.1 Å². The first-order chi connectivity index (χ1) is 22.3. The molecule has 7 rings (SSSR count). The molecule has 0 unspecified atom stereocenters. The molecule has 13 nitrogen and oxygen atoms in total. The highest BCUT2D eigenvalue weighted by Crippen LogP contribution is 2.43. The molecule has 1 aliphatic carbocycles. The number of carbonyl (C=O) groups is 1. The van der Waals surface area contributed by atoms with Gasteiger partial charge in [0, 0.05) is 62.0 Å². The maximum atomic E-state index is 13.3. The zero-order valence-electron chi connectivity index (χ0n) is 25.6. The van der Waals surface area contributed by atoms with E-state index in [2.05, 4.69) is 25.6 Å². The monoisotopic (exact) mass is 641 g/mol. The highest BCUT2D eigenvalue weighted by molar-refractivity contribution is 7.89. The van der Waals surface area contributed by atoms with Crippen LogP contribution >= 0.6 is 0 Å². The second-order valence-corrected chi connectivity index (χ2v) is 13.9. The van der Waals surface area contributed by atoms with Crippen LogP contribution < -0.4 is 14.5 Å². The van der Waals surface area contributed by atoms with Crippen molar-refractivity contribution in [2.45, 2.75) is 38.0 Å². The van der Waals surface area contributed by atoms with Crippen LogP contribution in [0.2, 0.25) is 0 Å². The zero-order valence-corrected chi connectivity index (χ0v) is 26.4. The van der Waals surface area contributed by atoms with Crippen LogP contribution in [-0.2, 0) is 14.8 Å². The van der Waals surface area contributed by atoms with Crippen molar-refractivity contribution in [3.63, 3.8) is 0 Å². The minimum Gasteiger partial charge on any atom is -0.378 e. The number of fused-ring (bicyclic) bond motifs is 1. The van der Waals surface area contributed by atoms with Gasteiger partial charge in [0.15, 0.2) is 5.65 Å². The molecule has 0 spiro atoms. The predicted molar refractivity (Wildman–Crippen MR) is 172 cm³/mol. The molecule has 0 radical (unpaired) electrons. The lowest BCUT2D eigenvalue weighted by atomic mass is 9.81. The molecule has 4 aromatic heterocycles. The SMILES string of the molecule is CS(=O)(=O)NC(=O)c1cc(-c2ccc(N3CCC(C#N)CC3)nc2)c2c(C3CCC3)nn(-c3ccnc(N4CCOCC4)c3)c2n1. The van der Waals surface area contributed by atoms with Crippen LogP contribution in [-0.4, -0.2) is 84.7 Å². The lowest BCUT2D eigenvalue weighted by Crippen LogP contribution is -2.36. The fourth-order valence-electron chi connectivity index (χ4n) is 6.33. The molecule has 0 atom stereocenters. The molecule has 0 bridgehead atoms. The average molecular weight is 642 g/mol. The van der Waals surface area contributed by atoms with E-state index in [4.69, 9.17) is 19.8 Å². The molecule has 4 aromatic rings. The van der Waals surface area contributed by atoms with Gasteiger partial charge in [-0.05, 0) is 55.5 Å². The van der Waals surface area contributed by atoms with Crippen molar-refractivity contribution in [2.75, 3.05) is 55.4 Å². The van der Waals surface area contributed by atoms with Gasteiger partial charge in [-0.1, -0.05) is 6.42 Å². The highest BCUT2D eigenvalue weighted by atomic mass is 32.2. The number of pyridine rings is 3. The number of nitrogens with zero attached hydrogens (tertiary/aromatic N) is 8. The minimum atomic E-state index is -3.83. The Morgan fingerprint density at radius 2 is 1.76 bits per heavy atom. The summed E-state index contributed by atoms with van der Waals surface area (Å²) in [7, 11) is -3.83. The number of carbonyl (C=O) groups excluding carboxylic acids is 1. The molecule has 238 valence electrons. The molecule has 6 heterocycles. The van der Waals surface area contributed by atoms with Gasteiger partial charge >= 0.3 is 0 Å². The van der Waals surface area contributed by atoms with Crippen molar-refractivity contribution in [3.05, 3.63) is 54.1 Å². The molecule has 1 amide bonds. The number of nitriles is 1. The largest absolute Gasteiger partial charge is 0.378 e. The van der Waals surface area contributed by atoms with Crippen LogP contribution in [0.25, 0.3) is 27.8 Å². The molecule has 1 N–H and O–H groups in total. The van der Waals surface area contributed by atoms with Crippen LogP contribution in [0, 0.1) is 17.2 Å². The number of nitrogens with one attached hydrogen (secondary N) is 1. The van der Waals surface area contributed by atoms with Gasteiger partial charge in [0.2, 0.25) is 10.0 Å². The third-order valence-corrected chi connectivity index (χ3v) is 9.59. The first-order valence-electron chi connectivity index (χ1n) is 15.6. The Hall–Kier alpha value is -4.61. The van der Waals surface area contributed by atoms with Crippen LogP contribution in [0.5, 0.6) is 0 Å². The smallest absolute Gasteiger partial charge is 0.283 e. The normalized spacial score (nSPS) is 17.9. The molecule has 1 saturated carbocycles. The lowest BCUT2D eigenvalue weighted by molar-refractivity contribution is 0.0977. The predicted octanol–water partition coefficient (Wildman–Crippen LogP) is 3.41. The Balaban J connectivity index is 1.36. The Morgan fingerprint density at radius 1 is 1.00 bits per heavy atom. The summed E-state index contributed by atoms with van der Waals surface area (Å²) in [6.07, 6.45) is 9.15. The summed E-state index contributed by atoms with van der Waals surface area (Å²) in [5, 5.41) is 15.2. The van der Waals surface area contributed by atoms with Crippen molar-refractivity contribution >= 4 is 38.6 Å². The van der Waals surface area contributed by atoms with Crippen molar-refractivity contribution in [2.24, 2.45) is 5.92 Å². The maximum absolute atomic E-state index is 13.3. The van der Waals surface area contributed by atoms with Gasteiger partial charge in [-0.3, -0.25) is 4.79 Å². The van der Waals surface area contributed by atoms with Crippen LogP contribution in [0.3, 0.4) is 0 Å². The molecule has 3 aliphatic rings. The van der Waals surface area contributed by atoms with E-state index in [1.807, 2.05) is 24.3 Å². The summed E-state index contributed by atoms with van der Waals surface area (Å²) >= 11 is 0. The van der Waals surface area contributed by atoms with Crippen LogP contribution in [0.4, 0.5) is 11.6 Å². The van der Waals surface area contributed by atoms with Gasteiger partial charge in [-0.25, -0.2) is 32.8 Å². The minimum absolute atomic E-state index is 0.0423. The van der Waals surface area contributed by atoms with E-state index >= 15 is 0 Å². The van der Waals surface area contributed by atoms with Crippen molar-refractivity contribution in [1.82, 2.24) is 29.5 Å². The standard InChI is InChI=1S/C32H35N9O4S/c1-46(43,44)38-32(42)26-18-25(23-5-6-27(35-20-23)39-11-8-21(19-33)9-12-39)29-30(22-3-2-4-22)37-41(31(29)36-26)24-7-10-34-28(17-24)40-13-15-45-16-14-40/h5-7,10,17-18,20-22H,2-4,8-9,11-16H2,1H3,(H,38,42). The molecule has 2 aliphatic heterocycles. The molecule has 0 aromatic carbocycles. The van der Waals surface area contributed by atoms with Gasteiger partial charge in [0.05, 0.1) is 42.3 Å². The van der Waals surface area contributed by atoms with Crippen LogP contribution in [0.15, 0.2) is 42.7 Å². The van der Waals surface area contributed by atoms with E-state index < -0.39 is 15.9 Å². The first-order valence-corrected chi connectivity index (χ1v) is 17.5. The molecule has 3 fully saturated rings. The van der Waals surface area contributed by atoms with E-state index in [9.17, 15) is 18.5 Å². The number of piperidine rings is 1. The topological polar surface area (TPSA) is 159 Å². The lowest BCUT2D eigenvalue weighted by Gasteiger charge is -2.30. The summed E-state index contributed by atoms with van der Waals surface area (Å²) in [4.78, 5) is 31.7. The Bertz CT molecular complexity index is 1920. The number of morpholine rings is 1. The second-order valence-electron chi connectivity index (χ2n) is 12.1. The summed E-state index contributed by atoms with van der Waals surface area (Å²) in [6.45, 7) is 4.21. The van der Waals surface area contributed by atoms with Crippen molar-refractivity contribution < 1.29 is 17.9 Å². The average Bonchev–Trinajstić information content (AvgIpc) is 3.42. The highest BCUT2D eigenvalue weighted by Gasteiger charge is 2.30. The summed E-state index contributed by atoms with van der Waals surface area (Å²) in [5.74, 6) is 1.10. The van der Waals surface area contributed by atoms with E-state index in [1.165, 1.54) is 0 Å². The quantitative estimate of drug-likeness (QED) is 0.315. The summed E-state index contributed by atoms with van der Waals surface area (Å²) < 4.78 is 33.4. The number of amides is 1. The Morgan fingerprint density at radius 3 is 2.41 bits per heavy atom. The van der Waals surface area contributed by atoms with Gasteiger partial charge < -0.3 is 14.5 Å². The maximum Gasteiger partial charge on any atom is 0.283 e. The van der Waals surface area contributed by atoms with Crippen LogP contribution in [0.1, 0.15) is 54.2 Å². The molecular formula is C32H35N9O4S. The first kappa shape index (κ1) is 30.1. The van der Waals surface area contributed by atoms with E-state index in [-0.39, 0.29) is 17.5 Å². The van der Waals surface area contributed by atoms with Gasteiger partial charge in [-0.2, -0.15) is 10.4 Å². The summed E-state index contributed by atoms with van der Waals surface area (Å²) in [6, 6.07) is 11.7.